The number of amides is 1. The third-order valence-corrected chi connectivity index (χ3v) is 5.77. The van der Waals surface area contributed by atoms with Crippen LogP contribution in [-0.4, -0.2) is 58.5 Å². The van der Waals surface area contributed by atoms with Gasteiger partial charge >= 0.3 is 5.97 Å². The van der Waals surface area contributed by atoms with Crippen molar-refractivity contribution in [2.45, 2.75) is 38.8 Å². The van der Waals surface area contributed by atoms with Crippen LogP contribution in [0.3, 0.4) is 0 Å². The van der Waals surface area contributed by atoms with Gasteiger partial charge in [0, 0.05) is 26.4 Å². The van der Waals surface area contributed by atoms with Crippen molar-refractivity contribution in [1.82, 2.24) is 5.32 Å². The summed E-state index contributed by atoms with van der Waals surface area (Å²) in [4.78, 5) is 23.4. The SMILES string of the molecule is CCOC(OCC)(OCC)[SiH2]CCCNC(=O)c1ccccc1C(=O)O. The van der Waals surface area contributed by atoms with Crippen molar-refractivity contribution < 1.29 is 28.9 Å². The maximum atomic E-state index is 12.2. The first kappa shape index (κ1) is 22.3. The highest BCUT2D eigenvalue weighted by Crippen LogP contribution is 2.16. The number of carbonyl (C=O) groups is 2. The van der Waals surface area contributed by atoms with E-state index in [-0.39, 0.29) is 17.0 Å². The maximum Gasteiger partial charge on any atom is 0.336 e. The van der Waals surface area contributed by atoms with Crippen LogP contribution in [0.5, 0.6) is 0 Å². The fourth-order valence-corrected chi connectivity index (χ4v) is 4.61. The van der Waals surface area contributed by atoms with E-state index in [9.17, 15) is 9.59 Å². The zero-order valence-corrected chi connectivity index (χ0v) is 17.2. The molecule has 7 nitrogen and oxygen atoms in total. The summed E-state index contributed by atoms with van der Waals surface area (Å²) < 4.78 is 17.1. The topological polar surface area (TPSA) is 94.1 Å². The van der Waals surface area contributed by atoms with Crippen LogP contribution in [0, 0.1) is 0 Å². The third kappa shape index (κ3) is 6.87. The van der Waals surface area contributed by atoms with Gasteiger partial charge in [0.25, 0.3) is 5.91 Å². The Morgan fingerprint density at radius 2 is 1.58 bits per heavy atom. The average molecular weight is 384 g/mol. The molecule has 1 aromatic carbocycles. The zero-order valence-electron chi connectivity index (χ0n) is 15.7. The van der Waals surface area contributed by atoms with Gasteiger partial charge in [-0.1, -0.05) is 18.2 Å². The van der Waals surface area contributed by atoms with Gasteiger partial charge in [-0.05, 0) is 39.3 Å². The summed E-state index contributed by atoms with van der Waals surface area (Å²) >= 11 is 0. The molecule has 8 heteroatoms. The molecular weight excluding hydrogens is 354 g/mol. The fraction of sp³-hybridized carbons (Fsp3) is 0.556. The lowest BCUT2D eigenvalue weighted by Gasteiger charge is -2.32. The molecule has 1 aromatic rings. The summed E-state index contributed by atoms with van der Waals surface area (Å²) in [5.41, 5.74) is -0.731. The highest BCUT2D eigenvalue weighted by atomic mass is 28.2. The molecule has 0 aliphatic carbocycles. The molecule has 0 unspecified atom stereocenters. The van der Waals surface area contributed by atoms with Crippen molar-refractivity contribution in [2.24, 2.45) is 0 Å². The van der Waals surface area contributed by atoms with E-state index in [4.69, 9.17) is 19.3 Å². The van der Waals surface area contributed by atoms with E-state index in [0.717, 1.165) is 12.5 Å². The Labute approximate surface area is 156 Å². The van der Waals surface area contributed by atoms with Crippen LogP contribution in [0.25, 0.3) is 0 Å². The van der Waals surface area contributed by atoms with Crippen molar-refractivity contribution in [3.63, 3.8) is 0 Å². The summed E-state index contributed by atoms with van der Waals surface area (Å²) in [6.45, 7) is 7.70. The van der Waals surface area contributed by atoms with Gasteiger partial charge in [0.2, 0.25) is 5.60 Å². The van der Waals surface area contributed by atoms with E-state index in [2.05, 4.69) is 5.32 Å². The molecule has 0 spiro atoms. The number of rotatable bonds is 13. The number of nitrogens with one attached hydrogen (secondary N) is 1. The zero-order chi connectivity index (χ0) is 19.4. The van der Waals surface area contributed by atoms with Crippen LogP contribution < -0.4 is 5.32 Å². The van der Waals surface area contributed by atoms with Crippen molar-refractivity contribution in [1.29, 1.82) is 0 Å². The molecule has 0 aliphatic rings. The first-order chi connectivity index (χ1) is 12.5. The molecule has 146 valence electrons. The lowest BCUT2D eigenvalue weighted by Crippen LogP contribution is -2.45. The molecule has 0 saturated heterocycles. The molecule has 0 bridgehead atoms. The van der Waals surface area contributed by atoms with Crippen LogP contribution in [0.2, 0.25) is 6.04 Å². The van der Waals surface area contributed by atoms with Gasteiger partial charge in [0.05, 0.1) is 11.1 Å². The van der Waals surface area contributed by atoms with Gasteiger partial charge in [0.1, 0.15) is 9.52 Å². The summed E-state index contributed by atoms with van der Waals surface area (Å²) in [7, 11) is -0.855. The Hall–Kier alpha value is -1.74. The van der Waals surface area contributed by atoms with Gasteiger partial charge in [-0.2, -0.15) is 0 Å². The molecule has 0 saturated carbocycles. The lowest BCUT2D eigenvalue weighted by atomic mass is 10.1. The molecule has 0 aliphatic heterocycles. The minimum Gasteiger partial charge on any atom is -0.478 e. The molecule has 2 N–H and O–H groups in total. The van der Waals surface area contributed by atoms with Crippen molar-refractivity contribution in [3.8, 4) is 0 Å². The fourth-order valence-electron chi connectivity index (χ4n) is 2.63. The number of carboxylic acids is 1. The standard InChI is InChI=1S/C18H29NO6Si/c1-4-23-18(24-5-2,25-6-3)26-13-9-12-19-16(20)14-10-7-8-11-15(14)17(21)22/h7-8,10-11H,4-6,9,12-13,26H2,1-3H3,(H,19,20)(H,21,22). The van der Waals surface area contributed by atoms with E-state index < -0.39 is 21.1 Å². The second kappa shape index (κ2) is 11.8. The highest BCUT2D eigenvalue weighted by molar-refractivity contribution is 6.38. The largest absolute Gasteiger partial charge is 0.478 e. The van der Waals surface area contributed by atoms with Gasteiger partial charge < -0.3 is 24.6 Å². The molecule has 1 amide bonds. The number of ether oxygens (including phenoxy) is 3. The van der Waals surface area contributed by atoms with Gasteiger partial charge in [-0.25, -0.2) is 4.79 Å². The number of carbonyl (C=O) groups excluding carboxylic acids is 1. The predicted octanol–water partition coefficient (Wildman–Crippen LogP) is 1.81. The smallest absolute Gasteiger partial charge is 0.336 e. The highest BCUT2D eigenvalue weighted by Gasteiger charge is 2.31. The van der Waals surface area contributed by atoms with Gasteiger partial charge in [-0.3, -0.25) is 4.79 Å². The average Bonchev–Trinajstić information content (AvgIpc) is 2.62. The van der Waals surface area contributed by atoms with Crippen LogP contribution in [-0.2, 0) is 14.2 Å². The quantitative estimate of drug-likeness (QED) is 0.306. The summed E-state index contributed by atoms with van der Waals surface area (Å²) in [5.74, 6) is -1.49. The Balaban J connectivity index is 2.50. The van der Waals surface area contributed by atoms with Crippen LogP contribution in [0.4, 0.5) is 0 Å². The van der Waals surface area contributed by atoms with Crippen LogP contribution in [0.1, 0.15) is 47.9 Å². The second-order valence-electron chi connectivity index (χ2n) is 5.55. The third-order valence-electron chi connectivity index (χ3n) is 3.69. The summed E-state index contributed by atoms with van der Waals surface area (Å²) in [6.07, 6.45) is 0.752. The first-order valence-corrected chi connectivity index (χ1v) is 10.7. The molecule has 0 atom stereocenters. The maximum absolute atomic E-state index is 12.2. The minimum atomic E-state index is -1.11. The number of hydrogen-bond donors (Lipinski definition) is 2. The van der Waals surface area contributed by atoms with Gasteiger partial charge in [-0.15, -0.1) is 0 Å². The van der Waals surface area contributed by atoms with E-state index in [1.165, 1.54) is 12.1 Å². The Morgan fingerprint density at radius 1 is 1.04 bits per heavy atom. The molecule has 26 heavy (non-hydrogen) atoms. The second-order valence-corrected chi connectivity index (χ2v) is 7.62. The number of hydrogen-bond acceptors (Lipinski definition) is 5. The molecular formula is C18H29NO6Si. The Morgan fingerprint density at radius 3 is 2.08 bits per heavy atom. The molecule has 0 fully saturated rings. The van der Waals surface area contributed by atoms with Crippen molar-refractivity contribution >= 4 is 21.4 Å². The first-order valence-electron chi connectivity index (χ1n) is 9.02. The number of aromatic carboxylic acids is 1. The predicted molar refractivity (Wildman–Crippen MR) is 101 cm³/mol. The van der Waals surface area contributed by atoms with Gasteiger partial charge in [0.15, 0.2) is 0 Å². The van der Waals surface area contributed by atoms with E-state index in [0.29, 0.717) is 26.4 Å². The molecule has 1 rings (SSSR count). The summed E-state index contributed by atoms with van der Waals surface area (Å²) in [5, 5.41) is 11.9. The molecule has 0 radical (unpaired) electrons. The Kier molecular flexibility index (Phi) is 10.1. The number of carboxylic acid groups (broad SMARTS) is 1. The van der Waals surface area contributed by atoms with Crippen LogP contribution >= 0.6 is 0 Å². The molecule has 0 aromatic heterocycles. The number of benzene rings is 1. The monoisotopic (exact) mass is 383 g/mol. The Bertz CT molecular complexity index is 564. The van der Waals surface area contributed by atoms with E-state index in [1.807, 2.05) is 20.8 Å². The minimum absolute atomic E-state index is 0.00225. The van der Waals surface area contributed by atoms with E-state index >= 15 is 0 Å². The molecule has 0 heterocycles. The normalized spacial score (nSPS) is 11.8. The van der Waals surface area contributed by atoms with E-state index in [1.54, 1.807) is 12.1 Å². The summed E-state index contributed by atoms with van der Waals surface area (Å²) in [6, 6.07) is 7.04. The lowest BCUT2D eigenvalue weighted by molar-refractivity contribution is -0.323. The van der Waals surface area contributed by atoms with Crippen molar-refractivity contribution in [3.05, 3.63) is 35.4 Å². The van der Waals surface area contributed by atoms with Crippen LogP contribution in [0.15, 0.2) is 24.3 Å². The van der Waals surface area contributed by atoms with Crippen molar-refractivity contribution in [2.75, 3.05) is 26.4 Å².